The summed E-state index contributed by atoms with van der Waals surface area (Å²) >= 11 is 0. The Kier molecular flexibility index (Phi) is 4.73. The van der Waals surface area contributed by atoms with E-state index in [1.165, 1.54) is 57.3 Å². The van der Waals surface area contributed by atoms with Crippen LogP contribution in [0.4, 0.5) is 0 Å². The van der Waals surface area contributed by atoms with Crippen LogP contribution in [0.25, 0.3) is 0 Å². The van der Waals surface area contributed by atoms with E-state index < -0.39 is 0 Å². The van der Waals surface area contributed by atoms with Gasteiger partial charge in [-0.05, 0) is 43.4 Å². The maximum Gasteiger partial charge on any atom is -0.0269 e. The van der Waals surface area contributed by atoms with E-state index in [4.69, 9.17) is 0 Å². The van der Waals surface area contributed by atoms with Gasteiger partial charge >= 0.3 is 0 Å². The number of unbranched alkanes of at least 4 members (excludes halogenated alkanes) is 7. The summed E-state index contributed by atoms with van der Waals surface area (Å²) in [4.78, 5) is 0. The predicted molar refractivity (Wildman–Crippen MR) is 71.6 cm³/mol. The van der Waals surface area contributed by atoms with Crippen LogP contribution in [0.1, 0.15) is 90.4 Å². The third kappa shape index (κ3) is 3.79. The van der Waals surface area contributed by atoms with Crippen LogP contribution in [0.5, 0.6) is 0 Å². The smallest absolute Gasteiger partial charge is 0.0269 e. The summed E-state index contributed by atoms with van der Waals surface area (Å²) in [6.07, 6.45) is 19.7. The van der Waals surface area contributed by atoms with Gasteiger partial charge in [0.25, 0.3) is 0 Å². The fraction of sp³-hybridized carbons (Fsp3) is 1.00. The molecule has 0 unspecified atom stereocenters. The molecule has 0 bridgehead atoms. The van der Waals surface area contributed by atoms with Crippen molar-refractivity contribution in [1.82, 2.24) is 0 Å². The molecule has 16 heavy (non-hydrogen) atoms. The Bertz CT molecular complexity index is 186. The predicted octanol–water partition coefficient (Wildman–Crippen LogP) is 5.71. The molecule has 0 nitrogen and oxygen atoms in total. The Hall–Kier alpha value is 0. The van der Waals surface area contributed by atoms with E-state index in [9.17, 15) is 0 Å². The van der Waals surface area contributed by atoms with Gasteiger partial charge in [0.05, 0.1) is 0 Å². The molecule has 94 valence electrons. The molecule has 0 saturated heterocycles. The Morgan fingerprint density at radius 3 is 1.88 bits per heavy atom. The summed E-state index contributed by atoms with van der Waals surface area (Å²) in [5.41, 5.74) is 0.905. The van der Waals surface area contributed by atoms with E-state index in [0.717, 1.165) is 5.41 Å². The Morgan fingerprint density at radius 1 is 0.812 bits per heavy atom. The van der Waals surface area contributed by atoms with Crippen molar-refractivity contribution >= 4 is 0 Å². The fourth-order valence-corrected chi connectivity index (χ4v) is 3.33. The first kappa shape index (κ1) is 12.5. The van der Waals surface area contributed by atoms with E-state index >= 15 is 0 Å². The lowest BCUT2D eigenvalue weighted by Crippen LogP contribution is -2.02. The van der Waals surface area contributed by atoms with Gasteiger partial charge in [-0.25, -0.2) is 0 Å². The molecule has 0 heteroatoms. The standard InChI is InChI=1S/C16H30/c1-2-3-4-5-6-7-8-9-12-16(13-14-16)15-10-11-15/h15H,2-14H2,1H3. The molecule has 0 aromatic carbocycles. The van der Waals surface area contributed by atoms with Gasteiger partial charge in [0, 0.05) is 0 Å². The summed E-state index contributed by atoms with van der Waals surface area (Å²) in [7, 11) is 0. The van der Waals surface area contributed by atoms with E-state index in [-0.39, 0.29) is 0 Å². The minimum Gasteiger partial charge on any atom is -0.0654 e. The topological polar surface area (TPSA) is 0 Å². The van der Waals surface area contributed by atoms with Crippen LogP contribution in [0, 0.1) is 11.3 Å². The van der Waals surface area contributed by atoms with Crippen LogP contribution >= 0.6 is 0 Å². The van der Waals surface area contributed by atoms with E-state index in [1.807, 2.05) is 0 Å². The molecule has 2 aliphatic rings. The van der Waals surface area contributed by atoms with Crippen molar-refractivity contribution in [1.29, 1.82) is 0 Å². The Labute approximate surface area is 102 Å². The minimum absolute atomic E-state index is 0.905. The molecule has 2 saturated carbocycles. The first-order valence-electron chi connectivity index (χ1n) is 7.87. The van der Waals surface area contributed by atoms with Gasteiger partial charge in [0.1, 0.15) is 0 Å². The third-order valence-corrected chi connectivity index (χ3v) is 4.86. The lowest BCUT2D eigenvalue weighted by atomic mass is 9.93. The van der Waals surface area contributed by atoms with Crippen molar-refractivity contribution in [2.75, 3.05) is 0 Å². The second kappa shape index (κ2) is 6.07. The second-order valence-corrected chi connectivity index (χ2v) is 6.36. The zero-order valence-corrected chi connectivity index (χ0v) is 11.3. The lowest BCUT2D eigenvalue weighted by molar-refractivity contribution is 0.381. The van der Waals surface area contributed by atoms with Gasteiger partial charge < -0.3 is 0 Å². The van der Waals surface area contributed by atoms with Gasteiger partial charge in [-0.15, -0.1) is 0 Å². The van der Waals surface area contributed by atoms with Crippen LogP contribution < -0.4 is 0 Å². The second-order valence-electron chi connectivity index (χ2n) is 6.36. The van der Waals surface area contributed by atoms with Crippen molar-refractivity contribution < 1.29 is 0 Å². The van der Waals surface area contributed by atoms with Crippen molar-refractivity contribution in [3.63, 3.8) is 0 Å². The summed E-state index contributed by atoms with van der Waals surface area (Å²) in [5, 5.41) is 0. The monoisotopic (exact) mass is 222 g/mol. The molecule has 2 aliphatic carbocycles. The van der Waals surface area contributed by atoms with Crippen LogP contribution in [-0.2, 0) is 0 Å². The minimum atomic E-state index is 0.905. The molecule has 0 heterocycles. The maximum absolute atomic E-state index is 2.30. The average Bonchev–Trinajstić information content (AvgIpc) is 3.15. The summed E-state index contributed by atoms with van der Waals surface area (Å²) < 4.78 is 0. The molecule has 0 N–H and O–H groups in total. The zero-order chi connectivity index (χ0) is 11.3. The molecule has 0 atom stereocenters. The zero-order valence-electron chi connectivity index (χ0n) is 11.3. The normalized spacial score (nSPS) is 22.3. The Balaban J connectivity index is 1.38. The van der Waals surface area contributed by atoms with Crippen molar-refractivity contribution in [2.24, 2.45) is 11.3 Å². The summed E-state index contributed by atoms with van der Waals surface area (Å²) in [6, 6.07) is 0. The van der Waals surface area contributed by atoms with Crippen molar-refractivity contribution in [2.45, 2.75) is 90.4 Å². The quantitative estimate of drug-likeness (QED) is 0.415. The fourth-order valence-electron chi connectivity index (χ4n) is 3.33. The van der Waals surface area contributed by atoms with Crippen molar-refractivity contribution in [3.05, 3.63) is 0 Å². The van der Waals surface area contributed by atoms with Gasteiger partial charge in [-0.3, -0.25) is 0 Å². The summed E-state index contributed by atoms with van der Waals surface area (Å²) in [6.45, 7) is 2.30. The van der Waals surface area contributed by atoms with Gasteiger partial charge in [-0.1, -0.05) is 58.3 Å². The van der Waals surface area contributed by atoms with E-state index in [1.54, 1.807) is 32.1 Å². The third-order valence-electron chi connectivity index (χ3n) is 4.86. The van der Waals surface area contributed by atoms with Crippen LogP contribution in [0.2, 0.25) is 0 Å². The molecule has 0 amide bonds. The highest BCUT2D eigenvalue weighted by atomic mass is 14.6. The molecule has 2 rings (SSSR count). The molecule has 0 aromatic heterocycles. The van der Waals surface area contributed by atoms with Gasteiger partial charge in [-0.2, -0.15) is 0 Å². The van der Waals surface area contributed by atoms with E-state index in [2.05, 4.69) is 6.92 Å². The first-order chi connectivity index (χ1) is 7.87. The first-order valence-corrected chi connectivity index (χ1v) is 7.87. The lowest BCUT2D eigenvalue weighted by Gasteiger charge is -2.13. The van der Waals surface area contributed by atoms with Crippen LogP contribution in [0.15, 0.2) is 0 Å². The number of hydrogen-bond donors (Lipinski definition) is 0. The van der Waals surface area contributed by atoms with Gasteiger partial charge in [0.2, 0.25) is 0 Å². The number of hydrogen-bond acceptors (Lipinski definition) is 0. The molecular weight excluding hydrogens is 192 g/mol. The van der Waals surface area contributed by atoms with Crippen LogP contribution in [-0.4, -0.2) is 0 Å². The highest BCUT2D eigenvalue weighted by molar-refractivity contribution is 5.03. The average molecular weight is 222 g/mol. The molecule has 0 aliphatic heterocycles. The molecule has 0 radical (unpaired) electrons. The number of rotatable bonds is 10. The van der Waals surface area contributed by atoms with Crippen LogP contribution in [0.3, 0.4) is 0 Å². The SMILES string of the molecule is CCCCCCCCCCC1(C2CC2)CC1. The maximum atomic E-state index is 2.30. The summed E-state index contributed by atoms with van der Waals surface area (Å²) in [5.74, 6) is 1.18. The molecule has 0 spiro atoms. The van der Waals surface area contributed by atoms with Crippen molar-refractivity contribution in [3.8, 4) is 0 Å². The Morgan fingerprint density at radius 2 is 1.38 bits per heavy atom. The molecule has 0 aromatic rings. The molecule has 2 fully saturated rings. The molecular formula is C16H30. The highest BCUT2D eigenvalue weighted by Crippen LogP contribution is 2.63. The van der Waals surface area contributed by atoms with E-state index in [0.29, 0.717) is 0 Å². The largest absolute Gasteiger partial charge is 0.0654 e. The highest BCUT2D eigenvalue weighted by Gasteiger charge is 2.52. The van der Waals surface area contributed by atoms with Gasteiger partial charge in [0.15, 0.2) is 0 Å².